The molecule has 0 radical (unpaired) electrons. The van der Waals surface area contributed by atoms with E-state index in [1.807, 2.05) is 49.4 Å². The largest absolute Gasteiger partial charge is 0.339 e. The van der Waals surface area contributed by atoms with E-state index >= 15 is 0 Å². The van der Waals surface area contributed by atoms with Gasteiger partial charge in [-0.25, -0.2) is 0 Å². The Morgan fingerprint density at radius 3 is 2.44 bits per heavy atom. The van der Waals surface area contributed by atoms with E-state index in [9.17, 15) is 4.79 Å². The summed E-state index contributed by atoms with van der Waals surface area (Å²) in [6, 6.07) is 26.8. The van der Waals surface area contributed by atoms with Gasteiger partial charge < -0.3 is 9.88 Å². The smallest absolute Gasteiger partial charge is 0.227 e. The highest BCUT2D eigenvalue weighted by Gasteiger charge is 2.26. The molecule has 0 bridgehead atoms. The first-order chi connectivity index (χ1) is 16.6. The fourth-order valence-electron chi connectivity index (χ4n) is 4.91. The number of nitrogens with one attached hydrogen (secondary N) is 1. The van der Waals surface area contributed by atoms with Gasteiger partial charge in [-0.15, -0.1) is 0 Å². The molecule has 0 saturated carbocycles. The molecule has 0 spiro atoms. The molecule has 5 heteroatoms. The third-order valence-electron chi connectivity index (χ3n) is 6.93. The van der Waals surface area contributed by atoms with Gasteiger partial charge in [0, 0.05) is 40.9 Å². The molecule has 174 valence electrons. The Bertz CT molecular complexity index is 1300. The van der Waals surface area contributed by atoms with Gasteiger partial charge in [0.1, 0.15) is 0 Å². The molecule has 4 aromatic rings. The number of rotatable bonds is 6. The highest BCUT2D eigenvalue weighted by atomic mass is 35.5. The van der Waals surface area contributed by atoms with Crippen molar-refractivity contribution in [1.82, 2.24) is 9.47 Å². The zero-order valence-corrected chi connectivity index (χ0v) is 20.3. The minimum absolute atomic E-state index is 0.0600. The average molecular weight is 472 g/mol. The molecular weight excluding hydrogens is 442 g/mol. The van der Waals surface area contributed by atoms with Gasteiger partial charge >= 0.3 is 0 Å². The second-order valence-electron chi connectivity index (χ2n) is 9.23. The van der Waals surface area contributed by atoms with Crippen LogP contribution in [0.3, 0.4) is 0 Å². The number of piperidine rings is 1. The quantitative estimate of drug-likeness (QED) is 0.348. The standard InChI is InChI=1S/C29H30ClN3O/c1-21-8-2-6-12-27(21)31-29(34)22-14-16-32(17-15-22)20-25-18-23-9-4-7-13-28(23)33(25)19-24-10-3-5-11-26(24)30/h2-13,18,22H,14-17,19-20H2,1H3,(H,31,34). The van der Waals surface area contributed by atoms with E-state index in [1.165, 1.54) is 16.6 Å². The van der Waals surface area contributed by atoms with Gasteiger partial charge in [-0.2, -0.15) is 0 Å². The van der Waals surface area contributed by atoms with Crippen molar-refractivity contribution in [1.29, 1.82) is 0 Å². The van der Waals surface area contributed by atoms with E-state index in [-0.39, 0.29) is 11.8 Å². The molecule has 2 heterocycles. The van der Waals surface area contributed by atoms with Crippen LogP contribution < -0.4 is 5.32 Å². The number of halogens is 1. The number of nitrogens with zero attached hydrogens (tertiary/aromatic N) is 2. The molecule has 3 aromatic carbocycles. The molecule has 1 amide bonds. The van der Waals surface area contributed by atoms with Crippen LogP contribution in [0, 0.1) is 12.8 Å². The van der Waals surface area contributed by atoms with Gasteiger partial charge in [-0.05, 0) is 73.6 Å². The van der Waals surface area contributed by atoms with Gasteiger partial charge in [-0.1, -0.05) is 66.2 Å². The molecule has 0 aliphatic carbocycles. The van der Waals surface area contributed by atoms with Crippen LogP contribution in [-0.4, -0.2) is 28.5 Å². The van der Waals surface area contributed by atoms with Crippen molar-refractivity contribution in [3.05, 3.63) is 101 Å². The van der Waals surface area contributed by atoms with Crippen molar-refractivity contribution < 1.29 is 4.79 Å². The summed E-state index contributed by atoms with van der Waals surface area (Å²) in [6.07, 6.45) is 1.75. The van der Waals surface area contributed by atoms with Crippen molar-refractivity contribution in [3.63, 3.8) is 0 Å². The number of likely N-dealkylation sites (tertiary alicyclic amines) is 1. The number of carbonyl (C=O) groups is 1. The molecule has 0 unspecified atom stereocenters. The van der Waals surface area contributed by atoms with Gasteiger partial charge in [-0.3, -0.25) is 9.69 Å². The molecule has 34 heavy (non-hydrogen) atoms. The lowest BCUT2D eigenvalue weighted by molar-refractivity contribution is -0.121. The van der Waals surface area contributed by atoms with Crippen LogP contribution in [0.5, 0.6) is 0 Å². The van der Waals surface area contributed by atoms with E-state index in [1.54, 1.807) is 0 Å². The number of para-hydroxylation sites is 2. The number of aryl methyl sites for hydroxylation is 1. The highest BCUT2D eigenvalue weighted by Crippen LogP contribution is 2.27. The predicted octanol–water partition coefficient (Wildman–Crippen LogP) is 6.50. The van der Waals surface area contributed by atoms with Crippen molar-refractivity contribution >= 4 is 34.1 Å². The molecular formula is C29H30ClN3O. The summed E-state index contributed by atoms with van der Waals surface area (Å²) in [6.45, 7) is 5.47. The summed E-state index contributed by atoms with van der Waals surface area (Å²) < 4.78 is 2.38. The van der Waals surface area contributed by atoms with Crippen molar-refractivity contribution in [2.75, 3.05) is 18.4 Å². The predicted molar refractivity (Wildman–Crippen MR) is 140 cm³/mol. The third kappa shape index (κ3) is 4.89. The molecule has 4 nitrogen and oxygen atoms in total. The Morgan fingerprint density at radius 1 is 0.941 bits per heavy atom. The first-order valence-corrected chi connectivity index (χ1v) is 12.4. The number of benzene rings is 3. The summed E-state index contributed by atoms with van der Waals surface area (Å²) in [4.78, 5) is 15.3. The Kier molecular flexibility index (Phi) is 6.70. The monoisotopic (exact) mass is 471 g/mol. The van der Waals surface area contributed by atoms with Gasteiger partial charge in [0.15, 0.2) is 0 Å². The normalized spacial score (nSPS) is 15.0. The molecule has 1 fully saturated rings. The first kappa shape index (κ1) is 22.7. The first-order valence-electron chi connectivity index (χ1n) is 12.0. The molecule has 1 N–H and O–H groups in total. The molecule has 5 rings (SSSR count). The maximum Gasteiger partial charge on any atom is 0.227 e. The summed E-state index contributed by atoms with van der Waals surface area (Å²) >= 11 is 6.49. The van der Waals surface area contributed by atoms with E-state index in [4.69, 9.17) is 11.6 Å². The van der Waals surface area contributed by atoms with Crippen LogP contribution >= 0.6 is 11.6 Å². The van der Waals surface area contributed by atoms with Crippen LogP contribution in [0.15, 0.2) is 78.9 Å². The van der Waals surface area contributed by atoms with Gasteiger partial charge in [0.2, 0.25) is 5.91 Å². The summed E-state index contributed by atoms with van der Waals surface area (Å²) in [7, 11) is 0. The number of amides is 1. The number of aromatic nitrogens is 1. The SMILES string of the molecule is Cc1ccccc1NC(=O)C1CCN(Cc2cc3ccccc3n2Cc2ccccc2Cl)CC1. The van der Waals surface area contributed by atoms with E-state index in [0.717, 1.165) is 60.9 Å². The minimum atomic E-state index is 0.0600. The Morgan fingerprint density at radius 2 is 1.65 bits per heavy atom. The lowest BCUT2D eigenvalue weighted by Crippen LogP contribution is -2.38. The summed E-state index contributed by atoms with van der Waals surface area (Å²) in [5, 5.41) is 5.17. The molecule has 0 atom stereocenters. The van der Waals surface area contributed by atoms with Crippen molar-refractivity contribution in [2.24, 2.45) is 5.92 Å². The Hall–Kier alpha value is -3.08. The lowest BCUT2D eigenvalue weighted by Gasteiger charge is -2.31. The van der Waals surface area contributed by atoms with Crippen LogP contribution in [0.2, 0.25) is 5.02 Å². The molecule has 1 aromatic heterocycles. The number of hydrogen-bond acceptors (Lipinski definition) is 2. The van der Waals surface area contributed by atoms with Crippen molar-refractivity contribution in [2.45, 2.75) is 32.9 Å². The average Bonchev–Trinajstić information content (AvgIpc) is 3.19. The van der Waals surface area contributed by atoms with Gasteiger partial charge in [0.05, 0.1) is 0 Å². The zero-order valence-electron chi connectivity index (χ0n) is 19.5. The number of hydrogen-bond donors (Lipinski definition) is 1. The molecule has 1 aliphatic rings. The molecule has 1 saturated heterocycles. The van der Waals surface area contributed by atoms with Gasteiger partial charge in [0.25, 0.3) is 0 Å². The second-order valence-corrected chi connectivity index (χ2v) is 9.63. The number of anilines is 1. The van der Waals surface area contributed by atoms with E-state index < -0.39 is 0 Å². The number of carbonyl (C=O) groups excluding carboxylic acids is 1. The van der Waals surface area contributed by atoms with Crippen LogP contribution in [0.1, 0.15) is 29.7 Å². The van der Waals surface area contributed by atoms with Crippen LogP contribution in [0.4, 0.5) is 5.69 Å². The number of fused-ring (bicyclic) bond motifs is 1. The third-order valence-corrected chi connectivity index (χ3v) is 7.30. The summed E-state index contributed by atoms with van der Waals surface area (Å²) in [5.74, 6) is 0.201. The van der Waals surface area contributed by atoms with Crippen LogP contribution in [-0.2, 0) is 17.9 Å². The van der Waals surface area contributed by atoms with Crippen molar-refractivity contribution in [3.8, 4) is 0 Å². The topological polar surface area (TPSA) is 37.3 Å². The fourth-order valence-corrected chi connectivity index (χ4v) is 5.11. The Labute approximate surface area is 206 Å². The zero-order chi connectivity index (χ0) is 23.5. The van der Waals surface area contributed by atoms with E-state index in [0.29, 0.717) is 0 Å². The fraction of sp³-hybridized carbons (Fsp3) is 0.276. The Balaban J connectivity index is 1.28. The van der Waals surface area contributed by atoms with E-state index in [2.05, 4.69) is 51.2 Å². The highest BCUT2D eigenvalue weighted by molar-refractivity contribution is 6.31. The molecule has 1 aliphatic heterocycles. The van der Waals surface area contributed by atoms with Crippen LogP contribution in [0.25, 0.3) is 10.9 Å². The minimum Gasteiger partial charge on any atom is -0.339 e. The lowest BCUT2D eigenvalue weighted by atomic mass is 9.95. The summed E-state index contributed by atoms with van der Waals surface area (Å²) in [5.41, 5.74) is 5.64. The second kappa shape index (κ2) is 10.0. The maximum absolute atomic E-state index is 12.8. The maximum atomic E-state index is 12.8.